The van der Waals surface area contributed by atoms with Crippen LogP contribution in [0.4, 0.5) is 0 Å². The van der Waals surface area contributed by atoms with Gasteiger partial charge in [-0.05, 0) is 194 Å². The summed E-state index contributed by atoms with van der Waals surface area (Å²) < 4.78 is 9.38. The quantitative estimate of drug-likeness (QED) is 0.154. The molecule has 0 amide bonds. The molecule has 0 aliphatic heterocycles. The van der Waals surface area contributed by atoms with E-state index in [2.05, 4.69) is 363 Å². The summed E-state index contributed by atoms with van der Waals surface area (Å²) in [5, 5.41) is 0. The lowest BCUT2D eigenvalue weighted by Gasteiger charge is -2.49. The van der Waals surface area contributed by atoms with Gasteiger partial charge < -0.3 is 0 Å². The zero-order valence-corrected chi connectivity index (χ0v) is 53.0. The van der Waals surface area contributed by atoms with Crippen molar-refractivity contribution < 1.29 is 4.57 Å². The molecule has 21 rings (SSSR count). The van der Waals surface area contributed by atoms with Crippen molar-refractivity contribution in [3.63, 3.8) is 0 Å². The smallest absolute Gasteiger partial charge is 0.292 e. The number of rotatable bonds is 8. The van der Waals surface area contributed by atoms with Crippen LogP contribution < -0.4 is 4.57 Å². The molecule has 0 fully saturated rings. The van der Waals surface area contributed by atoms with Gasteiger partial charge in [-0.25, -0.2) is 19.9 Å². The van der Waals surface area contributed by atoms with Crippen molar-refractivity contribution >= 4 is 44.1 Å². The first kappa shape index (κ1) is 54.4. The van der Waals surface area contributed by atoms with E-state index < -0.39 is 10.8 Å². The van der Waals surface area contributed by atoms with Crippen LogP contribution in [0.5, 0.6) is 0 Å². The third-order valence-electron chi connectivity index (χ3n) is 21.2. The lowest BCUT2D eigenvalue weighted by molar-refractivity contribution is -0.554. The highest BCUT2D eigenvalue weighted by atomic mass is 15.1. The molecule has 0 radical (unpaired) electrons. The highest BCUT2D eigenvalue weighted by Gasteiger charge is 2.59. The molecule has 0 unspecified atom stereocenters. The molecule has 2 spiro atoms. The Hall–Kier alpha value is -13.0. The third-order valence-corrected chi connectivity index (χ3v) is 21.2. The fraction of sp³-hybridized carbons (Fsp3) is 0.0222. The second-order valence-electron chi connectivity index (χ2n) is 26.1. The maximum atomic E-state index is 5.56. The zero-order valence-electron chi connectivity index (χ0n) is 53.0. The maximum absolute atomic E-state index is 5.56. The minimum atomic E-state index is -0.907. The minimum absolute atomic E-state index is 0.877. The number of aromatic nitrogens is 8. The van der Waals surface area contributed by atoms with E-state index in [0.717, 1.165) is 112 Å². The average Bonchev–Trinajstić information content (AvgIpc) is 1.42. The van der Waals surface area contributed by atoms with Gasteiger partial charge in [-0.2, -0.15) is 4.57 Å². The predicted octanol–water partition coefficient (Wildman–Crippen LogP) is 20.2. The number of para-hydroxylation sites is 12. The van der Waals surface area contributed by atoms with Gasteiger partial charge in [0.2, 0.25) is 0 Å². The van der Waals surface area contributed by atoms with Gasteiger partial charge in [-0.1, -0.05) is 212 Å². The van der Waals surface area contributed by atoms with Crippen LogP contribution in [0.15, 0.2) is 340 Å². The van der Waals surface area contributed by atoms with Crippen LogP contribution in [-0.2, 0) is 10.8 Å². The normalized spacial score (nSPS) is 13.5. The number of aromatic amines is 1. The molecule has 4 aromatic heterocycles. The number of hydrogen-bond donors (Lipinski definition) is 1. The van der Waals surface area contributed by atoms with Crippen molar-refractivity contribution in [3.05, 3.63) is 384 Å². The van der Waals surface area contributed by atoms with E-state index in [1.54, 1.807) is 0 Å². The minimum Gasteiger partial charge on any atom is -0.292 e. The summed E-state index contributed by atoms with van der Waals surface area (Å²) >= 11 is 0. The SMILES string of the molecule is c1ccc(-n2c(-c3ccc4c(c3)C3(c5cc(-c6nc7ccccc7n6-c6ccccc6)ccc5-4)c4ccccc4C4(c5cc(-c6nc7ccccc7n6-c6ccccc6)ccc5-c5ccc(-c6[nH]c7ccccc7[n+]6-c6ccccc6)cc54)c4ccccc43)nc3ccccc32)cc1. The molecule has 8 heteroatoms. The van der Waals surface area contributed by atoms with E-state index in [1.165, 1.54) is 66.8 Å². The highest BCUT2D eigenvalue weighted by Crippen LogP contribution is 2.68. The number of nitrogens with zero attached hydrogens (tertiary/aromatic N) is 7. The number of benzene rings is 14. The van der Waals surface area contributed by atoms with Crippen molar-refractivity contribution in [2.24, 2.45) is 0 Å². The number of imidazole rings is 4. The van der Waals surface area contributed by atoms with Crippen molar-refractivity contribution in [1.29, 1.82) is 0 Å². The van der Waals surface area contributed by atoms with Crippen LogP contribution in [0, 0.1) is 0 Å². The number of fused-ring (bicyclic) bond motifs is 20. The lowest BCUT2D eigenvalue weighted by Crippen LogP contribution is -2.43. The maximum Gasteiger partial charge on any atom is 0.292 e. The summed E-state index contributed by atoms with van der Waals surface area (Å²) in [7, 11) is 0. The van der Waals surface area contributed by atoms with E-state index >= 15 is 0 Å². The van der Waals surface area contributed by atoms with Crippen LogP contribution >= 0.6 is 0 Å². The number of nitrogens with one attached hydrogen (secondary N) is 1. The Balaban J connectivity index is 0.881. The molecular formula is C90H57N8+. The van der Waals surface area contributed by atoms with Gasteiger partial charge >= 0.3 is 0 Å². The van der Waals surface area contributed by atoms with Crippen LogP contribution in [-0.4, -0.2) is 33.6 Å². The summed E-state index contributed by atoms with van der Waals surface area (Å²) in [5.41, 5.74) is 29.0. The Morgan fingerprint density at radius 2 is 0.571 bits per heavy atom. The van der Waals surface area contributed by atoms with Crippen LogP contribution in [0.3, 0.4) is 0 Å². The lowest BCUT2D eigenvalue weighted by atomic mass is 9.52. The number of H-pyrrole nitrogens is 1. The largest absolute Gasteiger partial charge is 0.292 e. The molecule has 3 aliphatic rings. The molecule has 18 aromatic rings. The Morgan fingerprint density at radius 1 is 0.265 bits per heavy atom. The van der Waals surface area contributed by atoms with Crippen molar-refractivity contribution in [2.45, 2.75) is 10.8 Å². The van der Waals surface area contributed by atoms with E-state index in [0.29, 0.717) is 0 Å². The molecule has 14 aromatic carbocycles. The Bertz CT molecular complexity index is 5540. The van der Waals surface area contributed by atoms with Gasteiger partial charge in [0.1, 0.15) is 23.2 Å². The molecule has 98 heavy (non-hydrogen) atoms. The molecule has 8 nitrogen and oxygen atoms in total. The summed E-state index contributed by atoms with van der Waals surface area (Å²) in [6.07, 6.45) is 0. The van der Waals surface area contributed by atoms with E-state index in [9.17, 15) is 0 Å². The second-order valence-corrected chi connectivity index (χ2v) is 26.1. The summed E-state index contributed by atoms with van der Waals surface area (Å²) in [6, 6.07) is 125. The predicted molar refractivity (Wildman–Crippen MR) is 394 cm³/mol. The van der Waals surface area contributed by atoms with E-state index in [1.807, 2.05) is 0 Å². The fourth-order valence-corrected chi connectivity index (χ4v) is 17.2. The first-order chi connectivity index (χ1) is 48.6. The molecule has 0 bridgehead atoms. The Morgan fingerprint density at radius 3 is 0.959 bits per heavy atom. The van der Waals surface area contributed by atoms with Gasteiger partial charge in [0.15, 0.2) is 11.0 Å². The Labute approximate surface area is 564 Å². The fourth-order valence-electron chi connectivity index (χ4n) is 17.2. The number of hydrogen-bond acceptors (Lipinski definition) is 3. The molecule has 0 atom stereocenters. The molecule has 0 saturated carbocycles. The monoisotopic (exact) mass is 1250 g/mol. The van der Waals surface area contributed by atoms with Crippen molar-refractivity contribution in [2.75, 3.05) is 0 Å². The molecule has 4 heterocycles. The van der Waals surface area contributed by atoms with Crippen LogP contribution in [0.2, 0.25) is 0 Å². The van der Waals surface area contributed by atoms with Crippen molar-refractivity contribution in [1.82, 2.24) is 33.6 Å². The van der Waals surface area contributed by atoms with Gasteiger partial charge in [-0.3, -0.25) is 13.7 Å². The highest BCUT2D eigenvalue weighted by molar-refractivity contribution is 5.98. The Kier molecular flexibility index (Phi) is 11.5. The van der Waals surface area contributed by atoms with Gasteiger partial charge in [0, 0.05) is 33.8 Å². The standard InChI is InChI=1S/C90H56N8/c1-5-25-61(26-6-1)95-81-41-21-17-37-77(81)91-85(95)57-45-49-65-66-50-46-58(86-92-78-38-18-22-42-82(78)96(86)62-27-7-2-8-28-62)54-74(66)89(73(65)53-57)69-33-13-15-35-71(69)90(72-36-16-14-34-70(72)89)75-55-59(87-93-79-39-19-23-43-83(79)97(87)63-29-9-3-10-30-63)47-51-67(75)68-52-48-60(56-76(68)90)88-94-80-40-20-24-44-84(80)98(88)64-31-11-4-12-32-64/h1-56H/p+1. The second kappa shape index (κ2) is 20.7. The van der Waals surface area contributed by atoms with Gasteiger partial charge in [-0.15, -0.1) is 0 Å². The first-order valence-corrected chi connectivity index (χ1v) is 33.6. The van der Waals surface area contributed by atoms with E-state index in [-0.39, 0.29) is 0 Å². The average molecular weight is 1250 g/mol. The van der Waals surface area contributed by atoms with Gasteiger partial charge in [0.05, 0.1) is 49.5 Å². The molecule has 0 saturated heterocycles. The molecule has 1 N–H and O–H groups in total. The van der Waals surface area contributed by atoms with Gasteiger partial charge in [0.25, 0.3) is 5.82 Å². The summed E-state index contributed by atoms with van der Waals surface area (Å²) in [4.78, 5) is 20.7. The first-order valence-electron chi connectivity index (χ1n) is 33.6. The third kappa shape index (κ3) is 7.48. The molecule has 456 valence electrons. The van der Waals surface area contributed by atoms with Crippen LogP contribution in [0.25, 0.3) is 135 Å². The summed E-state index contributed by atoms with van der Waals surface area (Å²) in [5.74, 6) is 3.63. The zero-order chi connectivity index (χ0) is 64.2. The summed E-state index contributed by atoms with van der Waals surface area (Å²) in [6.45, 7) is 0. The van der Waals surface area contributed by atoms with Crippen molar-refractivity contribution in [3.8, 4) is 90.6 Å². The molecule has 3 aliphatic carbocycles. The topological polar surface area (TPSA) is 73.1 Å². The van der Waals surface area contributed by atoms with Crippen LogP contribution in [0.1, 0.15) is 44.5 Å². The van der Waals surface area contributed by atoms with E-state index in [4.69, 9.17) is 15.0 Å². The molecular weight excluding hydrogens is 1190 g/mol.